The van der Waals surface area contributed by atoms with E-state index in [2.05, 4.69) is 39.8 Å². The standard InChI is InChI=1S/C14H23N/c1-10-8-14(7-5-6-12(3)15)9-11(2)13(10)4/h8-9,12H,5-7,15H2,1-4H3/t12-/m0/s1. The summed E-state index contributed by atoms with van der Waals surface area (Å²) in [6.07, 6.45) is 3.47. The highest BCUT2D eigenvalue weighted by atomic mass is 14.6. The fourth-order valence-corrected chi connectivity index (χ4v) is 1.90. The van der Waals surface area contributed by atoms with Crippen LogP contribution in [0.25, 0.3) is 0 Å². The molecule has 0 unspecified atom stereocenters. The highest BCUT2D eigenvalue weighted by Gasteiger charge is 2.01. The minimum absolute atomic E-state index is 0.331. The predicted molar refractivity (Wildman–Crippen MR) is 67.2 cm³/mol. The average Bonchev–Trinajstić information content (AvgIpc) is 2.13. The molecule has 1 aromatic carbocycles. The molecule has 0 bridgehead atoms. The molecule has 1 atom stereocenters. The summed E-state index contributed by atoms with van der Waals surface area (Å²) in [5.74, 6) is 0. The molecule has 0 radical (unpaired) electrons. The summed E-state index contributed by atoms with van der Waals surface area (Å²) in [5.41, 5.74) is 11.4. The molecular formula is C14H23N. The molecule has 0 saturated heterocycles. The van der Waals surface area contributed by atoms with Gasteiger partial charge in [-0.2, -0.15) is 0 Å². The minimum atomic E-state index is 0.331. The molecule has 0 saturated carbocycles. The van der Waals surface area contributed by atoms with Crippen LogP contribution in [-0.4, -0.2) is 6.04 Å². The lowest BCUT2D eigenvalue weighted by Gasteiger charge is -2.10. The summed E-state index contributed by atoms with van der Waals surface area (Å²) in [5, 5.41) is 0. The quantitative estimate of drug-likeness (QED) is 0.802. The molecular weight excluding hydrogens is 182 g/mol. The van der Waals surface area contributed by atoms with Crippen molar-refractivity contribution in [1.82, 2.24) is 0 Å². The van der Waals surface area contributed by atoms with E-state index in [0.717, 1.165) is 12.8 Å². The number of nitrogens with two attached hydrogens (primary N) is 1. The lowest BCUT2D eigenvalue weighted by atomic mass is 9.97. The Morgan fingerprint density at radius 2 is 1.67 bits per heavy atom. The fraction of sp³-hybridized carbons (Fsp3) is 0.571. The highest BCUT2D eigenvalue weighted by Crippen LogP contribution is 2.17. The van der Waals surface area contributed by atoms with E-state index in [9.17, 15) is 0 Å². The third-order valence-electron chi connectivity index (χ3n) is 3.11. The van der Waals surface area contributed by atoms with E-state index < -0.39 is 0 Å². The molecule has 15 heavy (non-hydrogen) atoms. The zero-order valence-electron chi connectivity index (χ0n) is 10.4. The van der Waals surface area contributed by atoms with Crippen molar-refractivity contribution in [3.8, 4) is 0 Å². The van der Waals surface area contributed by atoms with E-state index >= 15 is 0 Å². The van der Waals surface area contributed by atoms with Crippen LogP contribution in [0.4, 0.5) is 0 Å². The van der Waals surface area contributed by atoms with Crippen molar-refractivity contribution in [2.24, 2.45) is 5.73 Å². The molecule has 1 nitrogen and oxygen atoms in total. The van der Waals surface area contributed by atoms with Crippen molar-refractivity contribution in [1.29, 1.82) is 0 Å². The first-order valence-electron chi connectivity index (χ1n) is 5.83. The van der Waals surface area contributed by atoms with Crippen LogP contribution in [0.15, 0.2) is 12.1 Å². The normalized spacial score (nSPS) is 12.9. The Morgan fingerprint density at radius 1 is 1.13 bits per heavy atom. The maximum Gasteiger partial charge on any atom is 0.00105 e. The van der Waals surface area contributed by atoms with Gasteiger partial charge in [-0.05, 0) is 69.2 Å². The Hall–Kier alpha value is -0.820. The van der Waals surface area contributed by atoms with Gasteiger partial charge in [-0.25, -0.2) is 0 Å². The van der Waals surface area contributed by atoms with Gasteiger partial charge < -0.3 is 5.73 Å². The molecule has 0 spiro atoms. The molecule has 0 amide bonds. The van der Waals surface area contributed by atoms with E-state index in [1.54, 1.807) is 0 Å². The number of hydrogen-bond acceptors (Lipinski definition) is 1. The summed E-state index contributed by atoms with van der Waals surface area (Å²) in [4.78, 5) is 0. The monoisotopic (exact) mass is 205 g/mol. The number of hydrogen-bond donors (Lipinski definition) is 1. The summed E-state index contributed by atoms with van der Waals surface area (Å²) < 4.78 is 0. The first kappa shape index (κ1) is 12.3. The largest absolute Gasteiger partial charge is 0.328 e. The zero-order chi connectivity index (χ0) is 11.4. The van der Waals surface area contributed by atoms with Gasteiger partial charge in [0.2, 0.25) is 0 Å². The minimum Gasteiger partial charge on any atom is -0.328 e. The molecule has 1 aromatic rings. The van der Waals surface area contributed by atoms with E-state index in [4.69, 9.17) is 5.73 Å². The number of rotatable bonds is 4. The second-order valence-electron chi connectivity index (χ2n) is 4.72. The van der Waals surface area contributed by atoms with Crippen LogP contribution in [0.1, 0.15) is 42.0 Å². The summed E-state index contributed by atoms with van der Waals surface area (Å²) in [6, 6.07) is 4.95. The molecule has 0 heterocycles. The lowest BCUT2D eigenvalue weighted by molar-refractivity contribution is 0.624. The van der Waals surface area contributed by atoms with Crippen molar-refractivity contribution in [3.63, 3.8) is 0 Å². The molecule has 0 aliphatic heterocycles. The van der Waals surface area contributed by atoms with Gasteiger partial charge in [-0.3, -0.25) is 0 Å². The third kappa shape index (κ3) is 3.67. The van der Waals surface area contributed by atoms with Crippen LogP contribution >= 0.6 is 0 Å². The van der Waals surface area contributed by atoms with E-state index in [0.29, 0.717) is 6.04 Å². The van der Waals surface area contributed by atoms with Crippen molar-refractivity contribution in [2.75, 3.05) is 0 Å². The number of aryl methyl sites for hydroxylation is 3. The Labute approximate surface area is 93.7 Å². The van der Waals surface area contributed by atoms with Gasteiger partial charge in [-0.1, -0.05) is 12.1 Å². The molecule has 0 aromatic heterocycles. The van der Waals surface area contributed by atoms with Gasteiger partial charge in [0.1, 0.15) is 0 Å². The molecule has 0 fully saturated rings. The van der Waals surface area contributed by atoms with Crippen LogP contribution in [0.3, 0.4) is 0 Å². The Morgan fingerprint density at radius 3 is 2.13 bits per heavy atom. The van der Waals surface area contributed by atoms with Crippen molar-refractivity contribution < 1.29 is 0 Å². The topological polar surface area (TPSA) is 26.0 Å². The molecule has 0 aliphatic rings. The van der Waals surface area contributed by atoms with Crippen LogP contribution in [0, 0.1) is 20.8 Å². The third-order valence-corrected chi connectivity index (χ3v) is 3.11. The van der Waals surface area contributed by atoms with Gasteiger partial charge in [0.15, 0.2) is 0 Å². The molecule has 1 rings (SSSR count). The SMILES string of the molecule is Cc1cc(CCC[C@H](C)N)cc(C)c1C. The highest BCUT2D eigenvalue weighted by molar-refractivity contribution is 5.36. The smallest absolute Gasteiger partial charge is 0.00105 e. The molecule has 2 N–H and O–H groups in total. The Balaban J connectivity index is 2.63. The number of benzene rings is 1. The summed E-state index contributed by atoms with van der Waals surface area (Å²) >= 11 is 0. The molecule has 0 aliphatic carbocycles. The van der Waals surface area contributed by atoms with E-state index in [-0.39, 0.29) is 0 Å². The maximum atomic E-state index is 5.74. The van der Waals surface area contributed by atoms with Gasteiger partial charge in [0, 0.05) is 6.04 Å². The first-order valence-corrected chi connectivity index (χ1v) is 5.83. The average molecular weight is 205 g/mol. The van der Waals surface area contributed by atoms with Crippen LogP contribution in [0.5, 0.6) is 0 Å². The second kappa shape index (κ2) is 5.32. The van der Waals surface area contributed by atoms with Crippen molar-refractivity contribution >= 4 is 0 Å². The van der Waals surface area contributed by atoms with Gasteiger partial charge in [-0.15, -0.1) is 0 Å². The van der Waals surface area contributed by atoms with Gasteiger partial charge >= 0.3 is 0 Å². The predicted octanol–water partition coefficient (Wildman–Crippen LogP) is 3.28. The van der Waals surface area contributed by atoms with Crippen molar-refractivity contribution in [2.45, 2.75) is 53.0 Å². The second-order valence-corrected chi connectivity index (χ2v) is 4.72. The molecule has 1 heteroatoms. The lowest BCUT2D eigenvalue weighted by Crippen LogP contribution is -2.14. The Bertz CT molecular complexity index is 303. The van der Waals surface area contributed by atoms with Gasteiger partial charge in [0.05, 0.1) is 0 Å². The fourth-order valence-electron chi connectivity index (χ4n) is 1.90. The van der Waals surface area contributed by atoms with E-state index in [1.807, 2.05) is 0 Å². The van der Waals surface area contributed by atoms with Gasteiger partial charge in [0.25, 0.3) is 0 Å². The van der Waals surface area contributed by atoms with Crippen LogP contribution in [0.2, 0.25) is 0 Å². The van der Waals surface area contributed by atoms with Crippen molar-refractivity contribution in [3.05, 3.63) is 34.4 Å². The van der Waals surface area contributed by atoms with Crippen LogP contribution in [-0.2, 0) is 6.42 Å². The first-order chi connectivity index (χ1) is 7.00. The summed E-state index contributed by atoms with van der Waals surface area (Å²) in [7, 11) is 0. The maximum absolute atomic E-state index is 5.74. The van der Waals surface area contributed by atoms with E-state index in [1.165, 1.54) is 28.7 Å². The zero-order valence-corrected chi connectivity index (χ0v) is 10.4. The Kier molecular flexibility index (Phi) is 4.34. The molecule has 84 valence electrons. The van der Waals surface area contributed by atoms with Crippen LogP contribution < -0.4 is 5.73 Å². The summed E-state index contributed by atoms with van der Waals surface area (Å²) in [6.45, 7) is 8.65.